The topological polar surface area (TPSA) is 0 Å². The lowest BCUT2D eigenvalue weighted by atomic mass is 9.40. The summed E-state index contributed by atoms with van der Waals surface area (Å²) in [6, 6.07) is 0. The van der Waals surface area contributed by atoms with Gasteiger partial charge >= 0.3 is 0 Å². The summed E-state index contributed by atoms with van der Waals surface area (Å²) in [5.41, 5.74) is 0. The summed E-state index contributed by atoms with van der Waals surface area (Å²) in [6.07, 6.45) is 0. The first-order chi connectivity index (χ1) is 2.41. The molecule has 0 heterocycles. The molecule has 0 aromatic carbocycles. The minimum atomic E-state index is 0. The lowest BCUT2D eigenvalue weighted by molar-refractivity contribution is 2.50. The lowest BCUT2D eigenvalue weighted by Crippen LogP contribution is -1.79. The molecule has 0 spiro atoms. The van der Waals surface area contributed by atoms with Crippen molar-refractivity contribution in [1.29, 1.82) is 0 Å². The molecule has 68 valence electrons. The molecule has 0 saturated carbocycles. The van der Waals surface area contributed by atoms with Crippen LogP contribution < -0.4 is 0 Å². The Balaban J connectivity index is -0.00000000109. The van der Waals surface area contributed by atoms with E-state index in [1.807, 2.05) is 0 Å². The molecule has 12 radical (unpaired) electrons. The van der Waals surface area contributed by atoms with Crippen molar-refractivity contribution in [2.75, 3.05) is 0 Å². The van der Waals surface area contributed by atoms with Gasteiger partial charge in [-0.15, -0.1) is 0 Å². The fourth-order valence-corrected chi connectivity index (χ4v) is 0. The normalized spacial score (nSPS) is 1.33. The molecule has 0 aromatic rings. The van der Waals surface area contributed by atoms with E-state index in [0.717, 1.165) is 7.06 Å². The van der Waals surface area contributed by atoms with Crippen LogP contribution in [0.1, 0.15) is 46.0 Å². The van der Waals surface area contributed by atoms with E-state index in [4.69, 9.17) is 0 Å². The first kappa shape index (κ1) is 140. The maximum Gasteiger partial charge on any atom is 0 e. The second-order valence-corrected chi connectivity index (χ2v) is 0.192. The molecule has 6 heteroatoms. The molecule has 0 amide bonds. The van der Waals surface area contributed by atoms with Crippen molar-refractivity contribution in [1.82, 2.24) is 0 Å². The second kappa shape index (κ2) is 637. The first-order valence-electron chi connectivity index (χ1n) is 1.00. The Labute approximate surface area is 93.0 Å². The Bertz CT molecular complexity index is 17.1. The Morgan fingerprint density at radius 2 is 0.667 bits per heavy atom. The van der Waals surface area contributed by atoms with Gasteiger partial charge in [0.15, 0.2) is 0 Å². The van der Waals surface area contributed by atoms with Crippen LogP contribution in [0.3, 0.4) is 0 Å². The van der Waals surface area contributed by atoms with Gasteiger partial charge < -0.3 is 0 Å². The lowest BCUT2D eigenvalue weighted by Gasteiger charge is -1.41. The molecule has 0 aliphatic rings. The standard InChI is InChI=1S/6CH4.B3.B2.B.H2/c;;;;;;1-3-2;1-2;;/h6*1H4;;;;1H/i;;;;;;;;;1+2. The molecule has 0 bridgehead atoms. The zero-order valence-corrected chi connectivity index (χ0v) is 3.46. The van der Waals surface area contributed by atoms with Crippen LogP contribution in [0.4, 0.5) is 0 Å². The van der Waals surface area contributed by atoms with Crippen LogP contribution in [-0.4, -0.2) is 46.4 Å². The summed E-state index contributed by atoms with van der Waals surface area (Å²) in [6.45, 7) is 0. The third-order valence-corrected chi connectivity index (χ3v) is 0. The summed E-state index contributed by atoms with van der Waals surface area (Å²) in [7, 11) is 18.0. The molecule has 0 nitrogen and oxygen atoms in total. The molecule has 0 atom stereocenters. The van der Waals surface area contributed by atoms with Crippen molar-refractivity contribution >= 4 is 46.4 Å². The molecule has 0 aromatic heterocycles. The fraction of sp³-hybridized carbons (Fsp3) is 1.00. The monoisotopic (exact) mass is 166 g/mol. The maximum absolute atomic E-state index is 4.50. The van der Waals surface area contributed by atoms with E-state index in [1.54, 1.807) is 0 Å². The fourth-order valence-electron chi connectivity index (χ4n) is 0. The van der Waals surface area contributed by atoms with Crippen LogP contribution >= 0.6 is 0 Å². The molecule has 0 N–H and O–H groups in total. The molecule has 0 rings (SSSR count). The second-order valence-electron chi connectivity index (χ2n) is 0.192. The van der Waals surface area contributed by atoms with Gasteiger partial charge in [-0.25, -0.2) is 0 Å². The van der Waals surface area contributed by atoms with Gasteiger partial charge in [-0.2, -0.15) is 0 Å². The van der Waals surface area contributed by atoms with Crippen molar-refractivity contribution in [3.05, 3.63) is 0 Å². The van der Waals surface area contributed by atoms with Crippen LogP contribution in [0.2, 0.25) is 0 Å². The van der Waals surface area contributed by atoms with Gasteiger partial charge in [-0.1, -0.05) is 44.6 Å². The van der Waals surface area contributed by atoms with E-state index in [-0.39, 0.29) is 54.4 Å². The van der Waals surface area contributed by atoms with Crippen LogP contribution in [0.15, 0.2) is 0 Å². The van der Waals surface area contributed by atoms with Gasteiger partial charge in [0.05, 0.1) is 0 Å². The maximum atomic E-state index is 4.50. The zero-order chi connectivity index (χ0) is 4.71. The summed E-state index contributed by atoms with van der Waals surface area (Å²) in [5, 5.41) is 0. The van der Waals surface area contributed by atoms with Crippen molar-refractivity contribution in [2.45, 2.75) is 44.6 Å². The van der Waals surface area contributed by atoms with Crippen LogP contribution in [0, 0.1) is 0 Å². The molecular formula is C6H26B6. The van der Waals surface area contributed by atoms with Crippen LogP contribution in [0.25, 0.3) is 0 Å². The Morgan fingerprint density at radius 1 is 0.667 bits per heavy atom. The van der Waals surface area contributed by atoms with Gasteiger partial charge in [-0.05, 0) is 0 Å². The van der Waals surface area contributed by atoms with Crippen molar-refractivity contribution in [3.63, 3.8) is 0 Å². The van der Waals surface area contributed by atoms with Crippen LogP contribution in [-0.2, 0) is 0 Å². The molecule has 12 heavy (non-hydrogen) atoms. The van der Waals surface area contributed by atoms with Gasteiger partial charge in [-0.3, -0.25) is 0 Å². The van der Waals surface area contributed by atoms with E-state index in [0.29, 0.717) is 0 Å². The highest BCUT2D eigenvalue weighted by atomic mass is 12.2. The SMILES string of the molecule is C.C.C.C.C.C.[3HH].[B].[B][B].[B][B][B]. The van der Waals surface area contributed by atoms with Gasteiger partial charge in [0.1, 0.15) is 0 Å². The average molecular weight is 165 g/mol. The van der Waals surface area contributed by atoms with Crippen LogP contribution in [0.5, 0.6) is 0 Å². The Kier molecular flexibility index (Phi) is 7420. The molecule has 0 aliphatic carbocycles. The number of rotatable bonds is 0. The molecule has 0 unspecified atom stereocenters. The Morgan fingerprint density at radius 3 is 0.667 bits per heavy atom. The summed E-state index contributed by atoms with van der Waals surface area (Å²) in [5.74, 6) is 0. The summed E-state index contributed by atoms with van der Waals surface area (Å²) < 4.78 is 0. The van der Waals surface area contributed by atoms with Gasteiger partial charge in [0.2, 0.25) is 0 Å². The van der Waals surface area contributed by atoms with Gasteiger partial charge in [0, 0.05) is 47.8 Å². The third kappa shape index (κ3) is 6030. The quantitative estimate of drug-likeness (QED) is 0.480. The van der Waals surface area contributed by atoms with Crippen molar-refractivity contribution < 1.29 is 1.43 Å². The zero-order valence-electron chi connectivity index (χ0n) is 3.46. The summed E-state index contributed by atoms with van der Waals surface area (Å²) in [4.78, 5) is 0. The predicted molar refractivity (Wildman–Crippen MR) is 77.0 cm³/mol. The minimum absolute atomic E-state index is 0. The largest absolute Gasteiger partial charge is 0.0776 e. The highest BCUT2D eigenvalue weighted by Gasteiger charge is 1.41. The van der Waals surface area contributed by atoms with Crippen molar-refractivity contribution in [3.8, 4) is 0 Å². The molecule has 0 saturated heterocycles. The van der Waals surface area contributed by atoms with E-state index in [1.165, 1.54) is 0 Å². The third-order valence-electron chi connectivity index (χ3n) is 0. The number of hydrogen-bond acceptors (Lipinski definition) is 0. The van der Waals surface area contributed by atoms with E-state index in [9.17, 15) is 0 Å². The highest BCUT2D eigenvalue weighted by molar-refractivity contribution is 7.17. The predicted octanol–water partition coefficient (Wildman–Crippen LogP) is 1.78. The minimum Gasteiger partial charge on any atom is -0.0776 e. The molecular weight excluding hydrogens is 137 g/mol. The van der Waals surface area contributed by atoms with E-state index >= 15 is 0 Å². The highest BCUT2D eigenvalue weighted by Crippen LogP contribution is 1.03. The summed E-state index contributed by atoms with van der Waals surface area (Å²) >= 11 is 0. The van der Waals surface area contributed by atoms with E-state index < -0.39 is 0 Å². The number of hydrogen-bond donors (Lipinski definition) is 0. The average Bonchev–Trinajstić information content (AvgIpc) is 1.46. The molecule has 0 fully saturated rings. The smallest absolute Gasteiger partial charge is 0 e. The Hall–Kier alpha value is 0.390. The van der Waals surface area contributed by atoms with E-state index in [2.05, 4.69) is 30.9 Å². The molecule has 0 aliphatic heterocycles. The first-order valence-corrected chi connectivity index (χ1v) is 1.00. The van der Waals surface area contributed by atoms with Gasteiger partial charge in [0.25, 0.3) is 0 Å². The van der Waals surface area contributed by atoms with Crippen molar-refractivity contribution in [2.24, 2.45) is 0 Å².